The van der Waals surface area contributed by atoms with Gasteiger partial charge >= 0.3 is 0 Å². The molecule has 1 aromatic rings. The van der Waals surface area contributed by atoms with E-state index in [4.69, 9.17) is 10.8 Å². The number of aliphatic hydroxyl groups excluding tert-OH is 1. The van der Waals surface area contributed by atoms with Gasteiger partial charge in [-0.05, 0) is 18.8 Å². The van der Waals surface area contributed by atoms with Gasteiger partial charge in [-0.15, -0.1) is 0 Å². The van der Waals surface area contributed by atoms with Crippen LogP contribution in [-0.4, -0.2) is 45.4 Å². The van der Waals surface area contributed by atoms with E-state index < -0.39 is 0 Å². The van der Waals surface area contributed by atoms with Crippen LogP contribution < -0.4 is 5.73 Å². The fourth-order valence-corrected chi connectivity index (χ4v) is 2.26. The lowest BCUT2D eigenvalue weighted by atomic mass is 9.99. The number of anilines is 1. The first-order valence-electron chi connectivity index (χ1n) is 5.81. The van der Waals surface area contributed by atoms with E-state index in [1.54, 1.807) is 11.9 Å². The fourth-order valence-electron chi connectivity index (χ4n) is 2.26. The minimum atomic E-state index is -0.0966. The highest BCUT2D eigenvalue weighted by Crippen LogP contribution is 2.20. The molecule has 0 radical (unpaired) electrons. The number of hydrogen-bond donors (Lipinski definition) is 2. The number of aromatic nitrogens is 2. The van der Waals surface area contributed by atoms with E-state index in [-0.39, 0.29) is 18.4 Å². The summed E-state index contributed by atoms with van der Waals surface area (Å²) in [6.45, 7) is 1.45. The average Bonchev–Trinajstić information content (AvgIpc) is 2.68. The number of nitrogens with zero attached hydrogens (tertiary/aromatic N) is 3. The van der Waals surface area contributed by atoms with Crippen molar-refractivity contribution in [3.8, 4) is 0 Å². The minimum Gasteiger partial charge on any atom is -0.396 e. The van der Waals surface area contributed by atoms with Crippen molar-refractivity contribution in [1.29, 1.82) is 0 Å². The van der Waals surface area contributed by atoms with E-state index in [1.807, 2.05) is 0 Å². The highest BCUT2D eigenvalue weighted by molar-refractivity contribution is 5.97. The van der Waals surface area contributed by atoms with E-state index in [9.17, 15) is 4.79 Å². The molecule has 2 heterocycles. The second-order valence-corrected chi connectivity index (χ2v) is 4.51. The number of piperidine rings is 1. The molecule has 1 fully saturated rings. The number of nitrogen functional groups attached to an aromatic ring is 1. The molecular weight excluding hydrogens is 220 g/mol. The number of nitrogens with two attached hydrogens (primary N) is 1. The maximum Gasteiger partial charge on any atom is 0.274 e. The molecule has 1 unspecified atom stereocenters. The summed E-state index contributed by atoms with van der Waals surface area (Å²) >= 11 is 0. The van der Waals surface area contributed by atoms with Crippen molar-refractivity contribution in [2.24, 2.45) is 13.0 Å². The molecule has 0 aliphatic carbocycles. The zero-order chi connectivity index (χ0) is 12.4. The Morgan fingerprint density at radius 1 is 1.71 bits per heavy atom. The van der Waals surface area contributed by atoms with Crippen molar-refractivity contribution >= 4 is 11.6 Å². The third-order valence-corrected chi connectivity index (χ3v) is 3.23. The molecule has 6 heteroatoms. The van der Waals surface area contributed by atoms with E-state index in [2.05, 4.69) is 5.10 Å². The van der Waals surface area contributed by atoms with Gasteiger partial charge in [-0.1, -0.05) is 0 Å². The van der Waals surface area contributed by atoms with Crippen molar-refractivity contribution in [2.45, 2.75) is 12.8 Å². The molecule has 1 aliphatic heterocycles. The SMILES string of the molecule is Cn1ncc(N)c1C(=O)N1CCCC(CO)C1. The highest BCUT2D eigenvalue weighted by Gasteiger charge is 2.26. The number of amides is 1. The van der Waals surface area contributed by atoms with Crippen molar-refractivity contribution in [3.05, 3.63) is 11.9 Å². The number of carbonyl (C=O) groups is 1. The van der Waals surface area contributed by atoms with Gasteiger partial charge in [0.05, 0.1) is 11.9 Å². The largest absolute Gasteiger partial charge is 0.396 e. The topological polar surface area (TPSA) is 84.4 Å². The molecule has 94 valence electrons. The number of aryl methyl sites for hydroxylation is 1. The fraction of sp³-hybridized carbons (Fsp3) is 0.636. The molecule has 17 heavy (non-hydrogen) atoms. The van der Waals surface area contributed by atoms with Gasteiger partial charge in [0.2, 0.25) is 0 Å². The summed E-state index contributed by atoms with van der Waals surface area (Å²) in [5, 5.41) is 13.1. The van der Waals surface area contributed by atoms with E-state index >= 15 is 0 Å². The Labute approximate surface area is 100 Å². The minimum absolute atomic E-state index is 0.0966. The predicted octanol–water partition coefficient (Wildman–Crippen LogP) is -0.153. The quantitative estimate of drug-likeness (QED) is 0.750. The number of carbonyl (C=O) groups excluding carboxylic acids is 1. The molecule has 3 N–H and O–H groups in total. The van der Waals surface area contributed by atoms with Crippen LogP contribution in [0.5, 0.6) is 0 Å². The lowest BCUT2D eigenvalue weighted by Crippen LogP contribution is -2.41. The Hall–Kier alpha value is -1.56. The average molecular weight is 238 g/mol. The van der Waals surface area contributed by atoms with Gasteiger partial charge in [0, 0.05) is 26.7 Å². The molecule has 6 nitrogen and oxygen atoms in total. The van der Waals surface area contributed by atoms with Crippen molar-refractivity contribution in [3.63, 3.8) is 0 Å². The van der Waals surface area contributed by atoms with Gasteiger partial charge in [0.1, 0.15) is 5.69 Å². The number of likely N-dealkylation sites (tertiary alicyclic amines) is 1. The van der Waals surface area contributed by atoms with Gasteiger partial charge in [0.15, 0.2) is 0 Å². The van der Waals surface area contributed by atoms with Crippen LogP contribution in [0.1, 0.15) is 23.3 Å². The van der Waals surface area contributed by atoms with Crippen molar-refractivity contribution in [2.75, 3.05) is 25.4 Å². The molecule has 1 atom stereocenters. The van der Waals surface area contributed by atoms with Crippen LogP contribution in [-0.2, 0) is 7.05 Å². The van der Waals surface area contributed by atoms with Crippen LogP contribution in [0.2, 0.25) is 0 Å². The van der Waals surface area contributed by atoms with Crippen LogP contribution in [0, 0.1) is 5.92 Å². The second-order valence-electron chi connectivity index (χ2n) is 4.51. The lowest BCUT2D eigenvalue weighted by Gasteiger charge is -2.31. The molecule has 1 aliphatic rings. The number of hydrogen-bond acceptors (Lipinski definition) is 4. The smallest absolute Gasteiger partial charge is 0.274 e. The molecular formula is C11H18N4O2. The number of aliphatic hydroxyl groups is 1. The molecule has 0 bridgehead atoms. The normalized spacial score (nSPS) is 20.6. The zero-order valence-corrected chi connectivity index (χ0v) is 9.96. The van der Waals surface area contributed by atoms with Gasteiger partial charge in [-0.25, -0.2) is 0 Å². The maximum atomic E-state index is 12.3. The lowest BCUT2D eigenvalue weighted by molar-refractivity contribution is 0.0611. The zero-order valence-electron chi connectivity index (χ0n) is 9.96. The number of rotatable bonds is 2. The standard InChI is InChI=1S/C11H18N4O2/c1-14-10(9(12)5-13-14)11(17)15-4-2-3-8(6-15)7-16/h5,8,16H,2-4,6-7,12H2,1H3. The first kappa shape index (κ1) is 11.9. The molecule has 0 saturated carbocycles. The molecule has 2 rings (SSSR count). The van der Waals surface area contributed by atoms with Gasteiger partial charge in [-0.3, -0.25) is 9.48 Å². The first-order chi connectivity index (χ1) is 8.13. The Morgan fingerprint density at radius 3 is 3.06 bits per heavy atom. The maximum absolute atomic E-state index is 12.3. The van der Waals surface area contributed by atoms with E-state index in [0.717, 1.165) is 19.4 Å². The summed E-state index contributed by atoms with van der Waals surface area (Å²) in [6, 6.07) is 0. The third-order valence-electron chi connectivity index (χ3n) is 3.23. The van der Waals surface area contributed by atoms with Crippen LogP contribution in [0.15, 0.2) is 6.20 Å². The predicted molar refractivity (Wildman–Crippen MR) is 63.3 cm³/mol. The van der Waals surface area contributed by atoms with Crippen molar-refractivity contribution in [1.82, 2.24) is 14.7 Å². The van der Waals surface area contributed by atoms with E-state index in [1.165, 1.54) is 10.9 Å². The third kappa shape index (κ3) is 2.26. The second kappa shape index (κ2) is 4.75. The van der Waals surface area contributed by atoms with Crippen LogP contribution in [0.25, 0.3) is 0 Å². The molecule has 1 saturated heterocycles. The summed E-state index contributed by atoms with van der Waals surface area (Å²) in [5.74, 6) is 0.0859. The first-order valence-corrected chi connectivity index (χ1v) is 5.81. The Balaban J connectivity index is 2.15. The van der Waals surface area contributed by atoms with Gasteiger partial charge in [-0.2, -0.15) is 5.10 Å². The summed E-state index contributed by atoms with van der Waals surface area (Å²) in [7, 11) is 1.71. The highest BCUT2D eigenvalue weighted by atomic mass is 16.3. The Kier molecular flexibility index (Phi) is 3.33. The van der Waals surface area contributed by atoms with Crippen LogP contribution in [0.4, 0.5) is 5.69 Å². The molecule has 0 spiro atoms. The Bertz CT molecular complexity index is 396. The molecule has 1 amide bonds. The van der Waals surface area contributed by atoms with E-state index in [0.29, 0.717) is 17.9 Å². The molecule has 1 aromatic heterocycles. The van der Waals surface area contributed by atoms with Gasteiger partial charge in [0.25, 0.3) is 5.91 Å². The van der Waals surface area contributed by atoms with Gasteiger partial charge < -0.3 is 15.7 Å². The molecule has 0 aromatic carbocycles. The summed E-state index contributed by atoms with van der Waals surface area (Å²) in [6.07, 6.45) is 3.39. The monoisotopic (exact) mass is 238 g/mol. The summed E-state index contributed by atoms with van der Waals surface area (Å²) in [4.78, 5) is 14.0. The van der Waals surface area contributed by atoms with Crippen molar-refractivity contribution < 1.29 is 9.90 Å². The van der Waals surface area contributed by atoms with Crippen LogP contribution in [0.3, 0.4) is 0 Å². The summed E-state index contributed by atoms with van der Waals surface area (Å²) < 4.78 is 1.50. The van der Waals surface area contributed by atoms with Crippen LogP contribution >= 0.6 is 0 Å². The summed E-state index contributed by atoms with van der Waals surface area (Å²) in [5.41, 5.74) is 6.58. The Morgan fingerprint density at radius 2 is 2.47 bits per heavy atom.